The van der Waals surface area contributed by atoms with Crippen molar-refractivity contribution in [1.82, 2.24) is 10.6 Å². The summed E-state index contributed by atoms with van der Waals surface area (Å²) in [5.41, 5.74) is 1.80. The minimum absolute atomic E-state index is 0. The molecule has 1 saturated heterocycles. The molecule has 1 aromatic rings. The van der Waals surface area contributed by atoms with Gasteiger partial charge in [-0.05, 0) is 50.1 Å². The Balaban J connectivity index is 0.00000162. The third-order valence-corrected chi connectivity index (χ3v) is 3.43. The highest BCUT2D eigenvalue weighted by atomic mass is 79.9. The van der Waals surface area contributed by atoms with E-state index in [9.17, 15) is 4.79 Å². The Hall–Kier alpha value is -0.580. The molecule has 5 heteroatoms. The highest BCUT2D eigenvalue weighted by Crippen LogP contribution is 2.15. The highest BCUT2D eigenvalue weighted by Gasteiger charge is 2.15. The van der Waals surface area contributed by atoms with Crippen LogP contribution in [0, 0.1) is 6.92 Å². The monoisotopic (exact) mass is 332 g/mol. The van der Waals surface area contributed by atoms with Crippen LogP contribution in [0.2, 0.25) is 0 Å². The molecule has 1 aromatic carbocycles. The van der Waals surface area contributed by atoms with E-state index >= 15 is 0 Å². The van der Waals surface area contributed by atoms with Gasteiger partial charge in [0, 0.05) is 22.6 Å². The molecule has 1 unspecified atom stereocenters. The van der Waals surface area contributed by atoms with Crippen molar-refractivity contribution in [2.45, 2.75) is 25.8 Å². The quantitative estimate of drug-likeness (QED) is 0.893. The Kier molecular flexibility index (Phi) is 6.12. The molecule has 0 bridgehead atoms. The Bertz CT molecular complexity index is 399. The maximum Gasteiger partial charge on any atom is 0.251 e. The predicted molar refractivity (Wildman–Crippen MR) is 79.5 cm³/mol. The van der Waals surface area contributed by atoms with E-state index in [0.717, 1.165) is 28.6 Å². The van der Waals surface area contributed by atoms with Crippen LogP contribution in [0.15, 0.2) is 22.7 Å². The van der Waals surface area contributed by atoms with Crippen LogP contribution in [-0.4, -0.2) is 25.0 Å². The molecule has 1 heterocycles. The lowest BCUT2D eigenvalue weighted by Crippen LogP contribution is -2.37. The second kappa shape index (κ2) is 7.12. The second-order valence-electron chi connectivity index (χ2n) is 4.52. The van der Waals surface area contributed by atoms with Crippen LogP contribution in [0.1, 0.15) is 28.8 Å². The van der Waals surface area contributed by atoms with E-state index in [1.54, 1.807) is 0 Å². The van der Waals surface area contributed by atoms with Gasteiger partial charge in [0.2, 0.25) is 0 Å². The summed E-state index contributed by atoms with van der Waals surface area (Å²) in [5.74, 6) is 0.00287. The first-order valence-electron chi connectivity index (χ1n) is 5.94. The van der Waals surface area contributed by atoms with E-state index in [1.165, 1.54) is 6.42 Å². The largest absolute Gasteiger partial charge is 0.350 e. The van der Waals surface area contributed by atoms with Crippen LogP contribution in [0.25, 0.3) is 0 Å². The lowest BCUT2D eigenvalue weighted by atomic mass is 10.1. The number of carbonyl (C=O) groups excluding carboxylic acids is 1. The molecule has 2 N–H and O–H groups in total. The van der Waals surface area contributed by atoms with Crippen molar-refractivity contribution in [3.63, 3.8) is 0 Å². The predicted octanol–water partition coefficient (Wildman–Crippen LogP) is 2.66. The molecule has 3 nitrogen and oxygen atoms in total. The number of halogens is 2. The molecule has 0 radical (unpaired) electrons. The zero-order chi connectivity index (χ0) is 12.3. The summed E-state index contributed by atoms with van der Waals surface area (Å²) in [6.07, 6.45) is 2.36. The summed E-state index contributed by atoms with van der Waals surface area (Å²) in [4.78, 5) is 11.9. The summed E-state index contributed by atoms with van der Waals surface area (Å²) in [6.45, 7) is 3.76. The van der Waals surface area contributed by atoms with Gasteiger partial charge in [-0.25, -0.2) is 0 Å². The number of nitrogens with one attached hydrogen (secondary N) is 2. The standard InChI is InChI=1S/C13H17BrN2O.ClH/c1-9-5-10(7-11(14)6-9)13(17)16-8-12-3-2-4-15-12;/h5-7,12,15H,2-4,8H2,1H3,(H,16,17);1H. The lowest BCUT2D eigenvalue weighted by molar-refractivity contribution is 0.0950. The highest BCUT2D eigenvalue weighted by molar-refractivity contribution is 9.10. The number of hydrogen-bond donors (Lipinski definition) is 2. The molecule has 0 aromatic heterocycles. The molecule has 1 fully saturated rings. The van der Waals surface area contributed by atoms with Gasteiger partial charge in [-0.2, -0.15) is 0 Å². The number of carbonyl (C=O) groups is 1. The van der Waals surface area contributed by atoms with Crippen LogP contribution in [0.3, 0.4) is 0 Å². The fourth-order valence-electron chi connectivity index (χ4n) is 2.12. The maximum absolute atomic E-state index is 11.9. The number of benzene rings is 1. The van der Waals surface area contributed by atoms with Crippen molar-refractivity contribution >= 4 is 34.2 Å². The first kappa shape index (κ1) is 15.5. The molecule has 1 aliphatic rings. The van der Waals surface area contributed by atoms with Crippen LogP contribution in [0.5, 0.6) is 0 Å². The van der Waals surface area contributed by atoms with E-state index < -0.39 is 0 Å². The van der Waals surface area contributed by atoms with Crippen molar-refractivity contribution in [3.8, 4) is 0 Å². The lowest BCUT2D eigenvalue weighted by Gasteiger charge is -2.11. The molecule has 1 aliphatic heterocycles. The van der Waals surface area contributed by atoms with Crippen molar-refractivity contribution in [2.75, 3.05) is 13.1 Å². The van der Waals surface area contributed by atoms with Crippen molar-refractivity contribution < 1.29 is 4.79 Å². The topological polar surface area (TPSA) is 41.1 Å². The van der Waals surface area contributed by atoms with E-state index in [1.807, 2.05) is 25.1 Å². The van der Waals surface area contributed by atoms with Gasteiger partial charge in [-0.15, -0.1) is 12.4 Å². The van der Waals surface area contributed by atoms with Crippen LogP contribution < -0.4 is 10.6 Å². The van der Waals surface area contributed by atoms with Gasteiger partial charge >= 0.3 is 0 Å². The van der Waals surface area contributed by atoms with Gasteiger partial charge in [-0.1, -0.05) is 15.9 Å². The SMILES string of the molecule is Cc1cc(Br)cc(C(=O)NCC2CCCN2)c1.Cl. The van der Waals surface area contributed by atoms with Crippen LogP contribution in [-0.2, 0) is 0 Å². The minimum atomic E-state index is 0. The van der Waals surface area contributed by atoms with Gasteiger partial charge in [0.1, 0.15) is 0 Å². The van der Waals surface area contributed by atoms with Gasteiger partial charge in [0.25, 0.3) is 5.91 Å². The Morgan fingerprint density at radius 1 is 1.50 bits per heavy atom. The van der Waals surface area contributed by atoms with E-state index in [-0.39, 0.29) is 18.3 Å². The molecule has 1 amide bonds. The third kappa shape index (κ3) is 4.26. The molecule has 0 saturated carbocycles. The summed E-state index contributed by atoms with van der Waals surface area (Å²) in [5, 5.41) is 6.34. The summed E-state index contributed by atoms with van der Waals surface area (Å²) >= 11 is 3.41. The summed E-state index contributed by atoms with van der Waals surface area (Å²) in [6, 6.07) is 6.19. The van der Waals surface area contributed by atoms with Crippen LogP contribution in [0.4, 0.5) is 0 Å². The average Bonchev–Trinajstić information content (AvgIpc) is 2.77. The maximum atomic E-state index is 11.9. The van der Waals surface area contributed by atoms with Crippen molar-refractivity contribution in [3.05, 3.63) is 33.8 Å². The zero-order valence-corrected chi connectivity index (χ0v) is 12.7. The molecule has 100 valence electrons. The van der Waals surface area contributed by atoms with E-state index in [0.29, 0.717) is 12.6 Å². The summed E-state index contributed by atoms with van der Waals surface area (Å²) < 4.78 is 0.946. The molecule has 0 spiro atoms. The number of amides is 1. The average molecular weight is 334 g/mol. The number of rotatable bonds is 3. The summed E-state index contributed by atoms with van der Waals surface area (Å²) in [7, 11) is 0. The first-order chi connectivity index (χ1) is 8.15. The molecule has 1 atom stereocenters. The molecular formula is C13H18BrClN2O. The number of aryl methyl sites for hydroxylation is 1. The van der Waals surface area contributed by atoms with Crippen molar-refractivity contribution in [1.29, 1.82) is 0 Å². The molecule has 0 aliphatic carbocycles. The molecule has 18 heavy (non-hydrogen) atoms. The van der Waals surface area contributed by atoms with Gasteiger partial charge in [-0.3, -0.25) is 4.79 Å². The van der Waals surface area contributed by atoms with E-state index in [4.69, 9.17) is 0 Å². The first-order valence-corrected chi connectivity index (χ1v) is 6.73. The fraction of sp³-hybridized carbons (Fsp3) is 0.462. The normalized spacial score (nSPS) is 18.2. The zero-order valence-electron chi connectivity index (χ0n) is 10.3. The Labute approximate surface area is 122 Å². The molecule has 2 rings (SSSR count). The third-order valence-electron chi connectivity index (χ3n) is 2.98. The van der Waals surface area contributed by atoms with Gasteiger partial charge in [0.05, 0.1) is 0 Å². The van der Waals surface area contributed by atoms with Gasteiger partial charge in [0.15, 0.2) is 0 Å². The Morgan fingerprint density at radius 2 is 2.28 bits per heavy atom. The Morgan fingerprint density at radius 3 is 2.89 bits per heavy atom. The van der Waals surface area contributed by atoms with Gasteiger partial charge < -0.3 is 10.6 Å². The minimum Gasteiger partial charge on any atom is -0.350 e. The van der Waals surface area contributed by atoms with Crippen molar-refractivity contribution in [2.24, 2.45) is 0 Å². The second-order valence-corrected chi connectivity index (χ2v) is 5.44. The fourth-order valence-corrected chi connectivity index (χ4v) is 2.72. The van der Waals surface area contributed by atoms with Crippen LogP contribution >= 0.6 is 28.3 Å². The molecular weight excluding hydrogens is 316 g/mol. The van der Waals surface area contributed by atoms with E-state index in [2.05, 4.69) is 26.6 Å². The number of hydrogen-bond acceptors (Lipinski definition) is 2. The smallest absolute Gasteiger partial charge is 0.251 e.